The zero-order chi connectivity index (χ0) is 13.9. The van der Waals surface area contributed by atoms with Gasteiger partial charge in [-0.1, -0.05) is 0 Å². The maximum absolute atomic E-state index is 11.9. The van der Waals surface area contributed by atoms with E-state index in [1.807, 2.05) is 0 Å². The summed E-state index contributed by atoms with van der Waals surface area (Å²) in [5, 5.41) is 7.99. The van der Waals surface area contributed by atoms with E-state index in [-0.39, 0.29) is 4.90 Å². The van der Waals surface area contributed by atoms with E-state index in [1.54, 1.807) is 13.8 Å². The van der Waals surface area contributed by atoms with Gasteiger partial charge in [0.25, 0.3) is 0 Å². The van der Waals surface area contributed by atoms with Gasteiger partial charge in [-0.15, -0.1) is 0 Å². The van der Waals surface area contributed by atoms with Gasteiger partial charge in [0, 0.05) is 12.7 Å². The van der Waals surface area contributed by atoms with Crippen LogP contribution >= 0.6 is 0 Å². The summed E-state index contributed by atoms with van der Waals surface area (Å²) in [6.45, 7) is 3.21. The molecule has 0 aliphatic rings. The van der Waals surface area contributed by atoms with Crippen LogP contribution in [0.2, 0.25) is 0 Å². The Morgan fingerprint density at radius 2 is 1.78 bits per heavy atom. The molecule has 1 amide bonds. The molecule has 1 aromatic carbocycles. The van der Waals surface area contributed by atoms with Crippen LogP contribution in [-0.4, -0.2) is 26.6 Å². The smallest absolute Gasteiger partial charge is 0.303 e. The first-order valence-corrected chi connectivity index (χ1v) is 6.87. The predicted molar refractivity (Wildman–Crippen MR) is 67.8 cm³/mol. The number of sulfone groups is 1. The maximum Gasteiger partial charge on any atom is 0.329 e. The highest BCUT2D eigenvalue weighted by atomic mass is 32.2. The molecule has 0 aliphatic heterocycles. The number of benzene rings is 1. The van der Waals surface area contributed by atoms with Crippen molar-refractivity contribution in [1.82, 2.24) is 0 Å². The summed E-state index contributed by atoms with van der Waals surface area (Å²) in [6.07, 6.45) is 0. The molecule has 5 nitrogen and oxygen atoms in total. The Balaban J connectivity index is 3.09. The minimum Gasteiger partial charge on any atom is -0.303 e. The molecular formula is C12H14N2O3S. The fraction of sp³-hybridized carbons (Fsp3) is 0.333. The van der Waals surface area contributed by atoms with Crippen molar-refractivity contribution in [1.29, 1.82) is 5.26 Å². The number of nitrogens with zero attached hydrogens (tertiary/aromatic N) is 2. The minimum absolute atomic E-state index is 0.207. The van der Waals surface area contributed by atoms with Crippen molar-refractivity contribution >= 4 is 21.4 Å². The van der Waals surface area contributed by atoms with Crippen molar-refractivity contribution in [2.45, 2.75) is 24.0 Å². The lowest BCUT2D eigenvalue weighted by molar-refractivity contribution is -0.113. The highest BCUT2D eigenvalue weighted by Crippen LogP contribution is 2.20. The Kier molecular flexibility index (Phi) is 4.09. The van der Waals surface area contributed by atoms with E-state index in [0.29, 0.717) is 5.69 Å². The van der Waals surface area contributed by atoms with Crippen LogP contribution in [0.3, 0.4) is 0 Å². The van der Waals surface area contributed by atoms with Gasteiger partial charge in [-0.25, -0.2) is 8.42 Å². The molecule has 0 spiro atoms. The third-order valence-electron chi connectivity index (χ3n) is 2.57. The first kappa shape index (κ1) is 14.2. The number of nitriles is 1. The fourth-order valence-electron chi connectivity index (χ4n) is 1.32. The second kappa shape index (κ2) is 5.19. The summed E-state index contributed by atoms with van der Waals surface area (Å²) in [5.74, 6) is -0.700. The highest BCUT2D eigenvalue weighted by Gasteiger charge is 2.19. The van der Waals surface area contributed by atoms with Gasteiger partial charge in [-0.05, 0) is 38.1 Å². The fourth-order valence-corrected chi connectivity index (χ4v) is 2.38. The minimum atomic E-state index is -3.31. The lowest BCUT2D eigenvalue weighted by Crippen LogP contribution is -2.24. The predicted octanol–water partition coefficient (Wildman–Crippen LogP) is 1.36. The van der Waals surface area contributed by atoms with Crippen LogP contribution in [0.5, 0.6) is 0 Å². The Bertz CT molecular complexity index is 583. The number of hydrogen-bond acceptors (Lipinski definition) is 4. The van der Waals surface area contributed by atoms with Gasteiger partial charge in [0.15, 0.2) is 15.9 Å². The summed E-state index contributed by atoms with van der Waals surface area (Å²) in [7, 11) is -1.86. The summed E-state index contributed by atoms with van der Waals surface area (Å²) in [5.41, 5.74) is 0.476. The molecule has 6 heteroatoms. The molecule has 0 N–H and O–H groups in total. The molecule has 96 valence electrons. The monoisotopic (exact) mass is 266 g/mol. The molecule has 0 atom stereocenters. The Labute approximate surface area is 107 Å². The zero-order valence-electron chi connectivity index (χ0n) is 10.4. The number of amides is 1. The quantitative estimate of drug-likeness (QED) is 0.774. The van der Waals surface area contributed by atoms with E-state index in [4.69, 9.17) is 5.26 Å². The van der Waals surface area contributed by atoms with Gasteiger partial charge in [-0.2, -0.15) is 5.26 Å². The highest BCUT2D eigenvalue weighted by molar-refractivity contribution is 7.92. The standard InChI is InChI=1S/C12H14N2O3S/c1-9(2)18(16,17)11-6-4-10(5-7-11)14(3)12(15)8-13/h4-7,9H,1-3H3. The van der Waals surface area contributed by atoms with Crippen LogP contribution in [0.15, 0.2) is 29.2 Å². The molecule has 0 saturated heterocycles. The Morgan fingerprint density at radius 1 is 1.28 bits per heavy atom. The molecule has 1 aromatic rings. The molecule has 0 heterocycles. The molecule has 0 aromatic heterocycles. The van der Waals surface area contributed by atoms with E-state index in [9.17, 15) is 13.2 Å². The SMILES string of the molecule is CC(C)S(=O)(=O)c1ccc(N(C)C(=O)C#N)cc1. The van der Waals surface area contributed by atoms with Crippen LogP contribution in [0, 0.1) is 11.3 Å². The van der Waals surface area contributed by atoms with E-state index in [0.717, 1.165) is 4.90 Å². The zero-order valence-corrected chi connectivity index (χ0v) is 11.2. The molecule has 0 fully saturated rings. The molecule has 18 heavy (non-hydrogen) atoms. The van der Waals surface area contributed by atoms with Crippen LogP contribution in [0.25, 0.3) is 0 Å². The van der Waals surface area contributed by atoms with Crippen molar-refractivity contribution in [2.75, 3.05) is 11.9 Å². The second-order valence-corrected chi connectivity index (χ2v) is 6.57. The van der Waals surface area contributed by atoms with Crippen molar-refractivity contribution in [3.63, 3.8) is 0 Å². The molecule has 0 aliphatic carbocycles. The average Bonchev–Trinajstić information content (AvgIpc) is 2.36. The maximum atomic E-state index is 11.9. The molecular weight excluding hydrogens is 252 g/mol. The lowest BCUT2D eigenvalue weighted by Gasteiger charge is -2.14. The number of anilines is 1. The summed E-state index contributed by atoms with van der Waals surface area (Å²) >= 11 is 0. The van der Waals surface area contributed by atoms with Crippen LogP contribution in [0.1, 0.15) is 13.8 Å². The molecule has 0 unspecified atom stereocenters. The average molecular weight is 266 g/mol. The largest absolute Gasteiger partial charge is 0.329 e. The van der Waals surface area contributed by atoms with Gasteiger partial charge < -0.3 is 4.90 Å². The molecule has 0 bridgehead atoms. The number of carbonyl (C=O) groups is 1. The Morgan fingerprint density at radius 3 is 2.17 bits per heavy atom. The van der Waals surface area contributed by atoms with E-state index < -0.39 is 21.0 Å². The van der Waals surface area contributed by atoms with Crippen LogP contribution < -0.4 is 4.90 Å². The summed E-state index contributed by atoms with van der Waals surface area (Å²) in [6, 6.07) is 7.38. The van der Waals surface area contributed by atoms with E-state index >= 15 is 0 Å². The normalized spacial score (nSPS) is 11.1. The van der Waals surface area contributed by atoms with Crippen LogP contribution in [0.4, 0.5) is 5.69 Å². The van der Waals surface area contributed by atoms with Crippen molar-refractivity contribution in [2.24, 2.45) is 0 Å². The van der Waals surface area contributed by atoms with Gasteiger partial charge in [-0.3, -0.25) is 4.79 Å². The van der Waals surface area contributed by atoms with Gasteiger partial charge in [0.05, 0.1) is 10.1 Å². The molecule has 1 rings (SSSR count). The first-order chi connectivity index (χ1) is 8.30. The molecule has 0 saturated carbocycles. The van der Waals surface area contributed by atoms with Gasteiger partial charge in [0.1, 0.15) is 0 Å². The summed E-state index contributed by atoms with van der Waals surface area (Å²) in [4.78, 5) is 12.5. The van der Waals surface area contributed by atoms with Gasteiger partial charge >= 0.3 is 5.91 Å². The lowest BCUT2D eigenvalue weighted by atomic mass is 10.3. The van der Waals surface area contributed by atoms with Crippen molar-refractivity contribution in [3.8, 4) is 6.07 Å². The number of hydrogen-bond donors (Lipinski definition) is 0. The summed E-state index contributed by atoms with van der Waals surface area (Å²) < 4.78 is 23.7. The number of carbonyl (C=O) groups excluding carboxylic acids is 1. The van der Waals surface area contributed by atoms with Crippen molar-refractivity contribution < 1.29 is 13.2 Å². The topological polar surface area (TPSA) is 78.2 Å². The first-order valence-electron chi connectivity index (χ1n) is 5.32. The second-order valence-electron chi connectivity index (χ2n) is 4.06. The third kappa shape index (κ3) is 2.68. The van der Waals surface area contributed by atoms with Crippen LogP contribution in [-0.2, 0) is 14.6 Å². The van der Waals surface area contributed by atoms with Gasteiger partial charge in [0.2, 0.25) is 0 Å². The van der Waals surface area contributed by atoms with E-state index in [2.05, 4.69) is 0 Å². The Hall–Kier alpha value is -1.87. The van der Waals surface area contributed by atoms with Crippen molar-refractivity contribution in [3.05, 3.63) is 24.3 Å². The third-order valence-corrected chi connectivity index (χ3v) is 4.74. The van der Waals surface area contributed by atoms with E-state index in [1.165, 1.54) is 37.4 Å². The molecule has 0 radical (unpaired) electrons. The number of rotatable bonds is 3.